The van der Waals surface area contributed by atoms with E-state index in [9.17, 15) is 4.91 Å². The normalized spacial score (nSPS) is 13.4. The van der Waals surface area contributed by atoms with Crippen molar-refractivity contribution in [2.24, 2.45) is 5.18 Å². The molecule has 112 valence electrons. The van der Waals surface area contributed by atoms with E-state index in [2.05, 4.69) is 73.6 Å². The molecule has 0 heterocycles. The lowest BCUT2D eigenvalue weighted by atomic mass is 9.72. The number of rotatable bonds is 1. The maximum atomic E-state index is 11.3. The van der Waals surface area contributed by atoms with Gasteiger partial charge in [0.2, 0.25) is 0 Å². The summed E-state index contributed by atoms with van der Waals surface area (Å²) in [5.74, 6) is 0. The molecule has 0 fully saturated rings. The summed E-state index contributed by atoms with van der Waals surface area (Å²) < 4.78 is 0. The summed E-state index contributed by atoms with van der Waals surface area (Å²) in [4.78, 5) is 11.3. The number of benzene rings is 1. The van der Waals surface area contributed by atoms with Crippen molar-refractivity contribution < 1.29 is 0 Å². The molecule has 0 aliphatic carbocycles. The first kappa shape index (κ1) is 16.9. The third-order valence-electron chi connectivity index (χ3n) is 3.66. The van der Waals surface area contributed by atoms with Crippen LogP contribution in [0.25, 0.3) is 0 Å². The Morgan fingerprint density at radius 1 is 0.650 bits per heavy atom. The maximum absolute atomic E-state index is 11.3. The van der Waals surface area contributed by atoms with Crippen molar-refractivity contribution in [3.05, 3.63) is 33.7 Å². The SMILES string of the molecule is CC(C)(C)c1cc(C(C)(C)C)c(C(C)(C)C)cc1N=O. The van der Waals surface area contributed by atoms with Crippen LogP contribution in [0.15, 0.2) is 17.3 Å². The molecule has 1 aromatic carbocycles. The van der Waals surface area contributed by atoms with Crippen LogP contribution in [-0.2, 0) is 16.2 Å². The molecule has 0 amide bonds. The van der Waals surface area contributed by atoms with Crippen LogP contribution in [0.4, 0.5) is 5.69 Å². The molecule has 2 heteroatoms. The van der Waals surface area contributed by atoms with Gasteiger partial charge in [0.1, 0.15) is 5.69 Å². The van der Waals surface area contributed by atoms with Crippen LogP contribution < -0.4 is 0 Å². The van der Waals surface area contributed by atoms with E-state index in [1.165, 1.54) is 11.1 Å². The molecular weight excluding hydrogens is 246 g/mol. The van der Waals surface area contributed by atoms with E-state index in [0.29, 0.717) is 5.69 Å². The monoisotopic (exact) mass is 275 g/mol. The van der Waals surface area contributed by atoms with Crippen LogP contribution in [0.3, 0.4) is 0 Å². The average Bonchev–Trinajstić information content (AvgIpc) is 2.23. The summed E-state index contributed by atoms with van der Waals surface area (Å²) in [6.07, 6.45) is 0. The van der Waals surface area contributed by atoms with Crippen molar-refractivity contribution in [3.8, 4) is 0 Å². The Kier molecular flexibility index (Phi) is 4.20. The fraction of sp³-hybridized carbons (Fsp3) is 0.667. The van der Waals surface area contributed by atoms with Gasteiger partial charge in [-0.05, 0) is 44.2 Å². The van der Waals surface area contributed by atoms with Crippen molar-refractivity contribution in [2.45, 2.75) is 78.6 Å². The summed E-state index contributed by atoms with van der Waals surface area (Å²) in [6, 6.07) is 4.19. The zero-order valence-electron chi connectivity index (χ0n) is 14.5. The minimum Gasteiger partial charge on any atom is -0.145 e. The summed E-state index contributed by atoms with van der Waals surface area (Å²) in [5, 5.41) is 3.28. The van der Waals surface area contributed by atoms with E-state index in [-0.39, 0.29) is 16.2 Å². The fourth-order valence-electron chi connectivity index (χ4n) is 2.51. The molecule has 0 aromatic heterocycles. The highest BCUT2D eigenvalue weighted by atomic mass is 16.3. The topological polar surface area (TPSA) is 29.4 Å². The Balaban J connectivity index is 3.77. The van der Waals surface area contributed by atoms with E-state index >= 15 is 0 Å². The Bertz CT molecular complexity index is 508. The van der Waals surface area contributed by atoms with Gasteiger partial charge in [0.25, 0.3) is 0 Å². The Labute approximate surface area is 124 Å². The molecule has 2 nitrogen and oxygen atoms in total. The lowest BCUT2D eigenvalue weighted by Crippen LogP contribution is -2.24. The van der Waals surface area contributed by atoms with Crippen molar-refractivity contribution in [1.82, 2.24) is 0 Å². The molecule has 0 aliphatic heterocycles. The van der Waals surface area contributed by atoms with Crippen molar-refractivity contribution >= 4 is 5.69 Å². The summed E-state index contributed by atoms with van der Waals surface area (Å²) in [6.45, 7) is 19.6. The van der Waals surface area contributed by atoms with Gasteiger partial charge in [0.05, 0.1) is 0 Å². The molecule has 0 spiro atoms. The van der Waals surface area contributed by atoms with Gasteiger partial charge < -0.3 is 0 Å². The van der Waals surface area contributed by atoms with E-state index in [4.69, 9.17) is 0 Å². The largest absolute Gasteiger partial charge is 0.145 e. The molecule has 0 atom stereocenters. The predicted octanol–water partition coefficient (Wildman–Crippen LogP) is 5.98. The van der Waals surface area contributed by atoms with Gasteiger partial charge in [0, 0.05) is 0 Å². The standard InChI is InChI=1S/C18H29NO/c1-16(2,3)12-10-14(18(7,8)9)15(19-20)11-13(12)17(4,5)6/h10-11H,1-9H3. The molecule has 20 heavy (non-hydrogen) atoms. The molecule has 0 unspecified atom stereocenters. The predicted molar refractivity (Wildman–Crippen MR) is 88.0 cm³/mol. The minimum absolute atomic E-state index is 0.00152. The second-order valence-corrected chi connectivity index (χ2v) is 8.76. The highest BCUT2D eigenvalue weighted by Gasteiger charge is 2.29. The molecule has 0 saturated carbocycles. The smallest absolute Gasteiger partial charge is 0.112 e. The number of hydrogen-bond acceptors (Lipinski definition) is 2. The lowest BCUT2D eigenvalue weighted by molar-refractivity contribution is 0.523. The van der Waals surface area contributed by atoms with Crippen molar-refractivity contribution in [2.75, 3.05) is 0 Å². The third kappa shape index (κ3) is 3.47. The Morgan fingerprint density at radius 2 is 1.00 bits per heavy atom. The van der Waals surface area contributed by atoms with Crippen LogP contribution in [-0.4, -0.2) is 0 Å². The number of nitroso groups, excluding NO2 is 1. The zero-order chi connectivity index (χ0) is 15.9. The highest BCUT2D eigenvalue weighted by Crippen LogP contribution is 2.41. The third-order valence-corrected chi connectivity index (χ3v) is 3.66. The van der Waals surface area contributed by atoms with Gasteiger partial charge >= 0.3 is 0 Å². The van der Waals surface area contributed by atoms with E-state index in [1.54, 1.807) is 0 Å². The van der Waals surface area contributed by atoms with Gasteiger partial charge in [-0.15, -0.1) is 4.91 Å². The number of hydrogen-bond donors (Lipinski definition) is 0. The zero-order valence-corrected chi connectivity index (χ0v) is 14.5. The average molecular weight is 275 g/mol. The summed E-state index contributed by atoms with van der Waals surface area (Å²) in [5.41, 5.74) is 4.10. The van der Waals surface area contributed by atoms with Gasteiger partial charge in [-0.3, -0.25) is 0 Å². The van der Waals surface area contributed by atoms with E-state index < -0.39 is 0 Å². The molecule has 0 radical (unpaired) electrons. The van der Waals surface area contributed by atoms with Crippen molar-refractivity contribution in [1.29, 1.82) is 0 Å². The van der Waals surface area contributed by atoms with Gasteiger partial charge in [-0.2, -0.15) is 0 Å². The second-order valence-electron chi connectivity index (χ2n) is 8.76. The molecule has 0 aliphatic rings. The molecular formula is C18H29NO. The van der Waals surface area contributed by atoms with Gasteiger partial charge in [-0.25, -0.2) is 0 Å². The summed E-state index contributed by atoms with van der Waals surface area (Å²) in [7, 11) is 0. The van der Waals surface area contributed by atoms with E-state index in [1.807, 2.05) is 6.07 Å². The van der Waals surface area contributed by atoms with Crippen LogP contribution >= 0.6 is 0 Å². The second kappa shape index (κ2) is 4.98. The molecule has 0 N–H and O–H groups in total. The van der Waals surface area contributed by atoms with E-state index in [0.717, 1.165) is 5.56 Å². The molecule has 1 aromatic rings. The van der Waals surface area contributed by atoms with Crippen LogP contribution in [0, 0.1) is 4.91 Å². The van der Waals surface area contributed by atoms with Crippen LogP contribution in [0.1, 0.15) is 79.0 Å². The van der Waals surface area contributed by atoms with Gasteiger partial charge in [0.15, 0.2) is 0 Å². The Morgan fingerprint density at radius 3 is 1.30 bits per heavy atom. The Hall–Kier alpha value is -1.18. The fourth-order valence-corrected chi connectivity index (χ4v) is 2.51. The minimum atomic E-state index is -0.0837. The maximum Gasteiger partial charge on any atom is 0.112 e. The highest BCUT2D eigenvalue weighted by molar-refractivity contribution is 5.57. The lowest BCUT2D eigenvalue weighted by Gasteiger charge is -2.33. The molecule has 0 saturated heterocycles. The first-order valence-corrected chi connectivity index (χ1v) is 7.31. The first-order valence-electron chi connectivity index (χ1n) is 7.31. The van der Waals surface area contributed by atoms with Crippen molar-refractivity contribution in [3.63, 3.8) is 0 Å². The molecule has 0 bridgehead atoms. The van der Waals surface area contributed by atoms with Crippen LogP contribution in [0.5, 0.6) is 0 Å². The molecule has 1 rings (SSSR count). The van der Waals surface area contributed by atoms with Crippen LogP contribution in [0.2, 0.25) is 0 Å². The first-order chi connectivity index (χ1) is 8.78. The van der Waals surface area contributed by atoms with Gasteiger partial charge in [-0.1, -0.05) is 68.4 Å². The number of nitrogens with zero attached hydrogens (tertiary/aromatic N) is 1. The quantitative estimate of drug-likeness (QED) is 0.580. The summed E-state index contributed by atoms with van der Waals surface area (Å²) >= 11 is 0.